The van der Waals surface area contributed by atoms with Gasteiger partial charge in [0.2, 0.25) is 5.89 Å². The van der Waals surface area contributed by atoms with Gasteiger partial charge in [0.1, 0.15) is 0 Å². The van der Waals surface area contributed by atoms with Crippen LogP contribution in [0.4, 0.5) is 0 Å². The molecule has 0 spiro atoms. The van der Waals surface area contributed by atoms with Gasteiger partial charge in [-0.05, 0) is 19.1 Å². The first kappa shape index (κ1) is 13.2. The van der Waals surface area contributed by atoms with Crippen molar-refractivity contribution in [2.24, 2.45) is 0 Å². The van der Waals surface area contributed by atoms with Gasteiger partial charge < -0.3 is 9.84 Å². The Labute approximate surface area is 118 Å². The summed E-state index contributed by atoms with van der Waals surface area (Å²) in [5.41, 5.74) is 0.953. The predicted octanol–water partition coefficient (Wildman–Crippen LogP) is 1.02. The Bertz CT molecular complexity index is 536. The lowest BCUT2D eigenvalue weighted by molar-refractivity contribution is 0.154. The van der Waals surface area contributed by atoms with Crippen LogP contribution in [0.15, 0.2) is 28.9 Å². The molecule has 1 saturated heterocycles. The van der Waals surface area contributed by atoms with Gasteiger partial charge in [-0.15, -0.1) is 0 Å². The minimum absolute atomic E-state index is 0.169. The zero-order valence-corrected chi connectivity index (χ0v) is 11.6. The first-order valence-corrected chi connectivity index (χ1v) is 7.00. The fraction of sp³-hybridized carbons (Fsp3) is 0.500. The first-order valence-electron chi connectivity index (χ1n) is 7.00. The molecule has 20 heavy (non-hydrogen) atoms. The highest BCUT2D eigenvalue weighted by Gasteiger charge is 2.22. The minimum atomic E-state index is 0.169. The van der Waals surface area contributed by atoms with Crippen LogP contribution in [0.1, 0.15) is 30.4 Å². The van der Waals surface area contributed by atoms with E-state index < -0.39 is 0 Å². The van der Waals surface area contributed by atoms with E-state index in [1.165, 1.54) is 0 Å². The van der Waals surface area contributed by atoms with Crippen LogP contribution in [0.5, 0.6) is 0 Å². The molecular weight excluding hydrogens is 254 g/mol. The van der Waals surface area contributed by atoms with Crippen molar-refractivity contribution in [1.29, 1.82) is 0 Å². The number of piperazine rings is 1. The molecule has 1 unspecified atom stereocenters. The van der Waals surface area contributed by atoms with Crippen molar-refractivity contribution in [3.63, 3.8) is 0 Å². The molecule has 6 heteroatoms. The summed E-state index contributed by atoms with van der Waals surface area (Å²) in [6.45, 7) is 6.17. The molecule has 106 valence electrons. The molecule has 1 fully saturated rings. The van der Waals surface area contributed by atoms with E-state index in [0.717, 1.165) is 31.9 Å². The first-order chi connectivity index (χ1) is 9.83. The molecule has 3 heterocycles. The predicted molar refractivity (Wildman–Crippen MR) is 74.2 cm³/mol. The molecule has 0 aromatic carbocycles. The standard InChI is InChI=1S/C14H19N5O/c1-11(19-8-6-15-7-9-19)14-17-13(18-20-14)10-12-4-2-3-5-16-12/h2-5,11,15H,6-10H2,1H3. The molecule has 1 aliphatic rings. The fourth-order valence-electron chi connectivity index (χ4n) is 2.40. The number of hydrogen-bond donors (Lipinski definition) is 1. The summed E-state index contributed by atoms with van der Waals surface area (Å²) in [4.78, 5) is 11.1. The number of hydrogen-bond acceptors (Lipinski definition) is 6. The average Bonchev–Trinajstić information content (AvgIpc) is 2.97. The van der Waals surface area contributed by atoms with E-state index in [1.807, 2.05) is 18.2 Å². The number of nitrogens with zero attached hydrogens (tertiary/aromatic N) is 4. The second kappa shape index (κ2) is 6.11. The van der Waals surface area contributed by atoms with Crippen LogP contribution >= 0.6 is 0 Å². The highest BCUT2D eigenvalue weighted by Crippen LogP contribution is 2.19. The van der Waals surface area contributed by atoms with E-state index >= 15 is 0 Å². The largest absolute Gasteiger partial charge is 0.338 e. The van der Waals surface area contributed by atoms with E-state index in [9.17, 15) is 0 Å². The number of nitrogens with one attached hydrogen (secondary N) is 1. The highest BCUT2D eigenvalue weighted by molar-refractivity contribution is 5.09. The van der Waals surface area contributed by atoms with Crippen molar-refractivity contribution >= 4 is 0 Å². The maximum atomic E-state index is 5.40. The van der Waals surface area contributed by atoms with Crippen molar-refractivity contribution in [1.82, 2.24) is 25.3 Å². The lowest BCUT2D eigenvalue weighted by Gasteiger charge is -2.30. The molecule has 1 N–H and O–H groups in total. The second-order valence-electron chi connectivity index (χ2n) is 5.01. The summed E-state index contributed by atoms with van der Waals surface area (Å²) >= 11 is 0. The van der Waals surface area contributed by atoms with E-state index in [0.29, 0.717) is 18.1 Å². The van der Waals surface area contributed by atoms with Crippen LogP contribution in [0, 0.1) is 0 Å². The third-order valence-corrected chi connectivity index (χ3v) is 3.61. The Balaban J connectivity index is 1.66. The molecule has 3 rings (SSSR count). The van der Waals surface area contributed by atoms with Gasteiger partial charge in [-0.25, -0.2) is 0 Å². The minimum Gasteiger partial charge on any atom is -0.338 e. The van der Waals surface area contributed by atoms with Gasteiger partial charge in [-0.2, -0.15) is 4.98 Å². The van der Waals surface area contributed by atoms with Crippen LogP contribution in [0.2, 0.25) is 0 Å². The molecule has 0 aliphatic carbocycles. The van der Waals surface area contributed by atoms with E-state index in [4.69, 9.17) is 4.52 Å². The van der Waals surface area contributed by atoms with Crippen molar-refractivity contribution in [3.05, 3.63) is 41.8 Å². The Hall–Kier alpha value is -1.79. The van der Waals surface area contributed by atoms with Gasteiger partial charge in [0.25, 0.3) is 0 Å². The lowest BCUT2D eigenvalue weighted by atomic mass is 10.2. The summed E-state index contributed by atoms with van der Waals surface area (Å²) in [6, 6.07) is 6.00. The molecule has 0 radical (unpaired) electrons. The van der Waals surface area contributed by atoms with Crippen LogP contribution in [-0.4, -0.2) is 46.2 Å². The summed E-state index contributed by atoms with van der Waals surface area (Å²) in [7, 11) is 0. The highest BCUT2D eigenvalue weighted by atomic mass is 16.5. The Morgan fingerprint density at radius 3 is 2.95 bits per heavy atom. The van der Waals surface area contributed by atoms with Gasteiger partial charge >= 0.3 is 0 Å². The Morgan fingerprint density at radius 2 is 2.20 bits per heavy atom. The Morgan fingerprint density at radius 1 is 1.35 bits per heavy atom. The molecule has 0 bridgehead atoms. The summed E-state index contributed by atoms with van der Waals surface area (Å²) in [5.74, 6) is 1.39. The van der Waals surface area contributed by atoms with Crippen molar-refractivity contribution in [2.75, 3.05) is 26.2 Å². The Kier molecular flexibility index (Phi) is 4.03. The van der Waals surface area contributed by atoms with Crippen molar-refractivity contribution in [3.8, 4) is 0 Å². The molecule has 1 atom stereocenters. The molecule has 2 aromatic rings. The summed E-state index contributed by atoms with van der Waals surface area (Å²) in [6.07, 6.45) is 2.39. The molecule has 1 aliphatic heterocycles. The second-order valence-corrected chi connectivity index (χ2v) is 5.01. The van der Waals surface area contributed by atoms with E-state index in [1.54, 1.807) is 6.20 Å². The van der Waals surface area contributed by atoms with Gasteiger partial charge in [0.15, 0.2) is 5.82 Å². The van der Waals surface area contributed by atoms with Crippen LogP contribution in [0.3, 0.4) is 0 Å². The topological polar surface area (TPSA) is 67.1 Å². The third-order valence-electron chi connectivity index (χ3n) is 3.61. The van der Waals surface area contributed by atoms with Gasteiger partial charge in [-0.3, -0.25) is 9.88 Å². The normalized spacial score (nSPS) is 18.1. The van der Waals surface area contributed by atoms with E-state index in [2.05, 4.69) is 32.3 Å². The monoisotopic (exact) mass is 273 g/mol. The SMILES string of the molecule is CC(c1nc(Cc2ccccn2)no1)N1CCNCC1. The molecular formula is C14H19N5O. The average molecular weight is 273 g/mol. The number of rotatable bonds is 4. The fourth-order valence-corrected chi connectivity index (χ4v) is 2.40. The summed E-state index contributed by atoms with van der Waals surface area (Å²) < 4.78 is 5.40. The maximum Gasteiger partial charge on any atom is 0.243 e. The van der Waals surface area contributed by atoms with Crippen molar-refractivity contribution < 1.29 is 4.52 Å². The van der Waals surface area contributed by atoms with Gasteiger partial charge in [0, 0.05) is 38.1 Å². The van der Waals surface area contributed by atoms with Gasteiger partial charge in [0.05, 0.1) is 12.5 Å². The van der Waals surface area contributed by atoms with E-state index in [-0.39, 0.29) is 6.04 Å². The van der Waals surface area contributed by atoms with Gasteiger partial charge in [-0.1, -0.05) is 11.2 Å². The molecule has 2 aromatic heterocycles. The zero-order chi connectivity index (χ0) is 13.8. The maximum absolute atomic E-state index is 5.40. The molecule has 0 saturated carbocycles. The molecule has 0 amide bonds. The van der Waals surface area contributed by atoms with Crippen LogP contribution in [0.25, 0.3) is 0 Å². The quantitative estimate of drug-likeness (QED) is 0.897. The van der Waals surface area contributed by atoms with Crippen LogP contribution in [-0.2, 0) is 6.42 Å². The number of aromatic nitrogens is 3. The van der Waals surface area contributed by atoms with Crippen LogP contribution < -0.4 is 5.32 Å². The third kappa shape index (κ3) is 3.02. The smallest absolute Gasteiger partial charge is 0.243 e. The summed E-state index contributed by atoms with van der Waals surface area (Å²) in [5, 5.41) is 7.40. The molecule has 6 nitrogen and oxygen atoms in total. The lowest BCUT2D eigenvalue weighted by Crippen LogP contribution is -2.44. The van der Waals surface area contributed by atoms with Crippen molar-refractivity contribution in [2.45, 2.75) is 19.4 Å². The number of pyridine rings is 1. The zero-order valence-electron chi connectivity index (χ0n) is 11.6.